The van der Waals surface area contributed by atoms with E-state index in [9.17, 15) is 0 Å². The summed E-state index contributed by atoms with van der Waals surface area (Å²) in [6.07, 6.45) is 6.54. The minimum Gasteiger partial charge on any atom is -0.314 e. The fourth-order valence-corrected chi connectivity index (χ4v) is 3.31. The van der Waals surface area contributed by atoms with Crippen molar-refractivity contribution in [2.45, 2.75) is 52.0 Å². The van der Waals surface area contributed by atoms with Crippen LogP contribution in [0.2, 0.25) is 0 Å². The predicted octanol–water partition coefficient (Wildman–Crippen LogP) is 3.16. The summed E-state index contributed by atoms with van der Waals surface area (Å²) in [5, 5.41) is 7.12. The van der Waals surface area contributed by atoms with Gasteiger partial charge >= 0.3 is 0 Å². The normalized spacial score (nSPS) is 25.1. The second-order valence-corrected chi connectivity index (χ2v) is 5.90. The highest BCUT2D eigenvalue weighted by Crippen LogP contribution is 2.24. The zero-order valence-corrected chi connectivity index (χ0v) is 11.1. The van der Waals surface area contributed by atoms with E-state index in [2.05, 4.69) is 29.5 Å². The first-order valence-corrected chi connectivity index (χ1v) is 7.28. The summed E-state index contributed by atoms with van der Waals surface area (Å²) >= 11 is 1.79. The molecule has 1 aliphatic carbocycles. The number of nitrogens with one attached hydrogen (secondary N) is 1. The van der Waals surface area contributed by atoms with Crippen LogP contribution in [-0.2, 0) is 6.42 Å². The van der Waals surface area contributed by atoms with Crippen LogP contribution in [0.4, 0.5) is 0 Å². The second-order valence-electron chi connectivity index (χ2n) is 4.95. The molecule has 0 amide bonds. The van der Waals surface area contributed by atoms with E-state index in [1.54, 1.807) is 11.3 Å². The Bertz CT molecular complexity index is 321. The maximum Gasteiger partial charge on any atom is 0.0928 e. The molecule has 2 atom stereocenters. The van der Waals surface area contributed by atoms with Gasteiger partial charge in [-0.2, -0.15) is 0 Å². The molecule has 2 nitrogen and oxygen atoms in total. The molecule has 1 aromatic rings. The van der Waals surface area contributed by atoms with E-state index >= 15 is 0 Å². The maximum atomic E-state index is 4.49. The van der Waals surface area contributed by atoms with Crippen LogP contribution in [0.5, 0.6) is 0 Å². The van der Waals surface area contributed by atoms with Gasteiger partial charge in [-0.3, -0.25) is 0 Å². The van der Waals surface area contributed by atoms with Crippen LogP contribution in [0, 0.1) is 12.8 Å². The molecule has 2 rings (SSSR count). The molecular weight excluding hydrogens is 216 g/mol. The SMILES string of the molecule is Cc1csc(CCCNC2CCCC2C)n1. The molecule has 16 heavy (non-hydrogen) atoms. The van der Waals surface area contributed by atoms with E-state index in [4.69, 9.17) is 0 Å². The van der Waals surface area contributed by atoms with Gasteiger partial charge in [-0.05, 0) is 38.6 Å². The number of hydrogen-bond acceptors (Lipinski definition) is 3. The molecular formula is C13H22N2S. The van der Waals surface area contributed by atoms with Crippen LogP contribution < -0.4 is 5.32 Å². The molecule has 90 valence electrons. The number of aryl methyl sites for hydroxylation is 2. The molecule has 1 aromatic heterocycles. The first-order valence-electron chi connectivity index (χ1n) is 6.40. The minimum absolute atomic E-state index is 0.776. The highest BCUT2D eigenvalue weighted by Gasteiger charge is 2.21. The van der Waals surface area contributed by atoms with Gasteiger partial charge in [0.25, 0.3) is 0 Å². The standard InChI is InChI=1S/C13H22N2S/c1-10-5-3-6-12(10)14-8-4-7-13-15-11(2)9-16-13/h9-10,12,14H,3-8H2,1-2H3. The van der Waals surface area contributed by atoms with E-state index in [1.807, 2.05) is 0 Å². The van der Waals surface area contributed by atoms with Gasteiger partial charge in [-0.15, -0.1) is 11.3 Å². The van der Waals surface area contributed by atoms with Gasteiger partial charge in [0.15, 0.2) is 0 Å². The third kappa shape index (κ3) is 3.29. The third-order valence-electron chi connectivity index (χ3n) is 3.50. The minimum atomic E-state index is 0.776. The van der Waals surface area contributed by atoms with E-state index < -0.39 is 0 Å². The van der Waals surface area contributed by atoms with Crippen molar-refractivity contribution in [3.05, 3.63) is 16.1 Å². The van der Waals surface area contributed by atoms with Crippen molar-refractivity contribution >= 4 is 11.3 Å². The summed E-state index contributed by atoms with van der Waals surface area (Å²) < 4.78 is 0. The molecule has 2 unspecified atom stereocenters. The molecule has 1 saturated carbocycles. The smallest absolute Gasteiger partial charge is 0.0928 e. The van der Waals surface area contributed by atoms with Gasteiger partial charge in [0, 0.05) is 23.5 Å². The topological polar surface area (TPSA) is 24.9 Å². The van der Waals surface area contributed by atoms with Crippen LogP contribution in [-0.4, -0.2) is 17.6 Å². The van der Waals surface area contributed by atoms with Gasteiger partial charge in [0.1, 0.15) is 0 Å². The first kappa shape index (κ1) is 12.1. The number of nitrogens with zero attached hydrogens (tertiary/aromatic N) is 1. The monoisotopic (exact) mass is 238 g/mol. The van der Waals surface area contributed by atoms with Crippen molar-refractivity contribution in [1.82, 2.24) is 10.3 Å². The lowest BCUT2D eigenvalue weighted by Gasteiger charge is -2.16. The van der Waals surface area contributed by atoms with Gasteiger partial charge in [0.05, 0.1) is 5.01 Å². The Hall–Kier alpha value is -0.410. The number of rotatable bonds is 5. The van der Waals surface area contributed by atoms with E-state index in [-0.39, 0.29) is 0 Å². The highest BCUT2D eigenvalue weighted by molar-refractivity contribution is 7.09. The zero-order valence-electron chi connectivity index (χ0n) is 10.3. The number of hydrogen-bond donors (Lipinski definition) is 1. The summed E-state index contributed by atoms with van der Waals surface area (Å²) in [5.74, 6) is 0.877. The van der Waals surface area contributed by atoms with Crippen LogP contribution in [0.1, 0.15) is 43.3 Å². The van der Waals surface area contributed by atoms with Crippen LogP contribution in [0.3, 0.4) is 0 Å². The largest absolute Gasteiger partial charge is 0.314 e. The lowest BCUT2D eigenvalue weighted by molar-refractivity contribution is 0.424. The lowest BCUT2D eigenvalue weighted by atomic mass is 10.1. The molecule has 0 radical (unpaired) electrons. The second kappa shape index (κ2) is 5.78. The number of thiazole rings is 1. The van der Waals surface area contributed by atoms with Gasteiger partial charge < -0.3 is 5.32 Å². The third-order valence-corrected chi connectivity index (χ3v) is 4.53. The van der Waals surface area contributed by atoms with Crippen molar-refractivity contribution in [2.75, 3.05) is 6.54 Å². The zero-order chi connectivity index (χ0) is 11.4. The van der Waals surface area contributed by atoms with Gasteiger partial charge in [0.2, 0.25) is 0 Å². The molecule has 0 spiro atoms. The Morgan fingerprint density at radius 2 is 2.38 bits per heavy atom. The molecule has 1 aliphatic rings. The summed E-state index contributed by atoms with van der Waals surface area (Å²) in [5.41, 5.74) is 1.16. The van der Waals surface area contributed by atoms with Crippen LogP contribution in [0.15, 0.2) is 5.38 Å². The van der Waals surface area contributed by atoms with Crippen molar-refractivity contribution in [1.29, 1.82) is 0 Å². The predicted molar refractivity (Wildman–Crippen MR) is 70.0 cm³/mol. The molecule has 1 heterocycles. The van der Waals surface area contributed by atoms with Crippen LogP contribution in [0.25, 0.3) is 0 Å². The lowest BCUT2D eigenvalue weighted by Crippen LogP contribution is -2.32. The summed E-state index contributed by atoms with van der Waals surface area (Å²) in [6, 6.07) is 0.776. The Morgan fingerprint density at radius 1 is 1.50 bits per heavy atom. The highest BCUT2D eigenvalue weighted by atomic mass is 32.1. The van der Waals surface area contributed by atoms with Gasteiger partial charge in [-0.25, -0.2) is 4.98 Å². The van der Waals surface area contributed by atoms with Gasteiger partial charge in [-0.1, -0.05) is 13.3 Å². The van der Waals surface area contributed by atoms with E-state index in [1.165, 1.54) is 30.7 Å². The Morgan fingerprint density at radius 3 is 3.00 bits per heavy atom. The first-order chi connectivity index (χ1) is 7.75. The summed E-state index contributed by atoms with van der Waals surface area (Å²) in [4.78, 5) is 4.49. The molecule has 0 aromatic carbocycles. The van der Waals surface area contributed by atoms with Crippen molar-refractivity contribution in [2.24, 2.45) is 5.92 Å². The molecule has 0 saturated heterocycles. The molecule has 0 aliphatic heterocycles. The fourth-order valence-electron chi connectivity index (χ4n) is 2.49. The van der Waals surface area contributed by atoms with Crippen LogP contribution >= 0.6 is 11.3 Å². The van der Waals surface area contributed by atoms with Crippen molar-refractivity contribution in [3.8, 4) is 0 Å². The molecule has 3 heteroatoms. The molecule has 1 N–H and O–H groups in total. The summed E-state index contributed by atoms with van der Waals surface area (Å²) in [7, 11) is 0. The Labute approximate surface area is 102 Å². The fraction of sp³-hybridized carbons (Fsp3) is 0.769. The summed E-state index contributed by atoms with van der Waals surface area (Å²) in [6.45, 7) is 5.58. The van der Waals surface area contributed by atoms with E-state index in [0.717, 1.165) is 30.6 Å². The van der Waals surface area contributed by atoms with E-state index in [0.29, 0.717) is 0 Å². The van der Waals surface area contributed by atoms with Crippen molar-refractivity contribution in [3.63, 3.8) is 0 Å². The quantitative estimate of drug-likeness (QED) is 0.797. The average molecular weight is 238 g/mol. The average Bonchev–Trinajstić information content (AvgIpc) is 2.83. The Kier molecular flexibility index (Phi) is 4.36. The van der Waals surface area contributed by atoms with Crippen molar-refractivity contribution < 1.29 is 0 Å². The Balaban J connectivity index is 1.61. The molecule has 1 fully saturated rings. The maximum absolute atomic E-state index is 4.49. The molecule has 0 bridgehead atoms. The number of aromatic nitrogens is 1.